The monoisotopic (exact) mass is 430 g/mol. The number of ether oxygens (including phenoxy) is 1. The van der Waals surface area contributed by atoms with Gasteiger partial charge in [-0.25, -0.2) is 14.6 Å². The minimum absolute atomic E-state index is 0.0375. The molecule has 30 heavy (non-hydrogen) atoms. The SMILES string of the molecule is COC(=O)NCCc1cnc(NC(=O)Nc2ccc(C)cc2C(=O)C2CCCC2)s1. The third-order valence-corrected chi connectivity index (χ3v) is 5.99. The van der Waals surface area contributed by atoms with Crippen LogP contribution < -0.4 is 16.0 Å². The number of benzene rings is 1. The van der Waals surface area contributed by atoms with Gasteiger partial charge < -0.3 is 15.4 Å². The van der Waals surface area contributed by atoms with Crippen molar-refractivity contribution in [3.8, 4) is 0 Å². The Morgan fingerprint density at radius 1 is 1.20 bits per heavy atom. The topological polar surface area (TPSA) is 109 Å². The van der Waals surface area contributed by atoms with Crippen molar-refractivity contribution in [2.45, 2.75) is 39.0 Å². The summed E-state index contributed by atoms with van der Waals surface area (Å²) in [4.78, 5) is 41.6. The maximum atomic E-state index is 12.9. The Morgan fingerprint density at radius 3 is 2.70 bits per heavy atom. The number of Topliss-reactive ketones (excluding diaryl/α,β-unsaturated/α-hetero) is 1. The fourth-order valence-electron chi connectivity index (χ4n) is 3.47. The van der Waals surface area contributed by atoms with E-state index in [-0.39, 0.29) is 11.7 Å². The van der Waals surface area contributed by atoms with Crippen molar-refractivity contribution in [3.05, 3.63) is 40.4 Å². The Bertz CT molecular complexity index is 921. The molecule has 1 aromatic heterocycles. The van der Waals surface area contributed by atoms with Crippen LogP contribution in [0.2, 0.25) is 0 Å². The Hall–Kier alpha value is -2.94. The zero-order valence-corrected chi connectivity index (χ0v) is 17.9. The molecule has 2 aromatic rings. The number of carbonyl (C=O) groups excluding carboxylic acids is 3. The lowest BCUT2D eigenvalue weighted by atomic mass is 9.94. The molecule has 0 saturated heterocycles. The van der Waals surface area contributed by atoms with E-state index in [1.165, 1.54) is 18.4 Å². The first-order chi connectivity index (χ1) is 14.5. The summed E-state index contributed by atoms with van der Waals surface area (Å²) in [5.74, 6) is 0.136. The summed E-state index contributed by atoms with van der Waals surface area (Å²) in [5, 5.41) is 8.53. The number of alkyl carbamates (subject to hydrolysis) is 1. The van der Waals surface area contributed by atoms with Crippen LogP contribution in [-0.2, 0) is 11.2 Å². The number of nitrogens with zero attached hydrogens (tertiary/aromatic N) is 1. The Balaban J connectivity index is 1.60. The predicted molar refractivity (Wildman–Crippen MR) is 116 cm³/mol. The van der Waals surface area contributed by atoms with Gasteiger partial charge in [-0.05, 0) is 31.9 Å². The molecule has 1 aliphatic rings. The Morgan fingerprint density at radius 2 is 1.97 bits per heavy atom. The molecular weight excluding hydrogens is 404 g/mol. The zero-order chi connectivity index (χ0) is 21.5. The van der Waals surface area contributed by atoms with E-state index in [1.54, 1.807) is 12.3 Å². The summed E-state index contributed by atoms with van der Waals surface area (Å²) in [6.45, 7) is 2.35. The van der Waals surface area contributed by atoms with Gasteiger partial charge in [0.1, 0.15) is 0 Å². The number of methoxy groups -OCH3 is 1. The highest BCUT2D eigenvalue weighted by molar-refractivity contribution is 7.15. The molecule has 1 aromatic carbocycles. The van der Waals surface area contributed by atoms with Crippen LogP contribution in [0, 0.1) is 12.8 Å². The van der Waals surface area contributed by atoms with E-state index < -0.39 is 12.1 Å². The van der Waals surface area contributed by atoms with Gasteiger partial charge in [-0.2, -0.15) is 0 Å². The molecule has 160 valence electrons. The van der Waals surface area contributed by atoms with Gasteiger partial charge in [0.25, 0.3) is 0 Å². The molecule has 3 N–H and O–H groups in total. The summed E-state index contributed by atoms with van der Waals surface area (Å²) in [6, 6.07) is 5.03. The van der Waals surface area contributed by atoms with Gasteiger partial charge >= 0.3 is 12.1 Å². The smallest absolute Gasteiger partial charge is 0.406 e. The van der Waals surface area contributed by atoms with E-state index in [9.17, 15) is 14.4 Å². The molecule has 0 radical (unpaired) electrons. The fourth-order valence-corrected chi connectivity index (χ4v) is 4.28. The Labute approximate surface area is 179 Å². The summed E-state index contributed by atoms with van der Waals surface area (Å²) in [7, 11) is 1.31. The van der Waals surface area contributed by atoms with Gasteiger partial charge in [-0.3, -0.25) is 10.1 Å². The van der Waals surface area contributed by atoms with Crippen LogP contribution in [0.15, 0.2) is 24.4 Å². The van der Waals surface area contributed by atoms with Crippen LogP contribution in [0.25, 0.3) is 0 Å². The number of aromatic nitrogens is 1. The highest BCUT2D eigenvalue weighted by Crippen LogP contribution is 2.31. The van der Waals surface area contributed by atoms with Gasteiger partial charge in [0.15, 0.2) is 10.9 Å². The number of urea groups is 1. The van der Waals surface area contributed by atoms with Gasteiger partial charge in [0, 0.05) is 35.5 Å². The summed E-state index contributed by atoms with van der Waals surface area (Å²) >= 11 is 1.32. The van der Waals surface area contributed by atoms with Gasteiger partial charge in [0.2, 0.25) is 0 Å². The van der Waals surface area contributed by atoms with Crippen LogP contribution >= 0.6 is 11.3 Å². The third-order valence-electron chi connectivity index (χ3n) is 5.01. The molecule has 0 atom stereocenters. The van der Waals surface area contributed by atoms with E-state index in [0.717, 1.165) is 36.1 Å². The normalized spacial score (nSPS) is 13.7. The lowest BCUT2D eigenvalue weighted by Crippen LogP contribution is -2.25. The van der Waals surface area contributed by atoms with Crippen molar-refractivity contribution < 1.29 is 19.1 Å². The predicted octanol–water partition coefficient (Wildman–Crippen LogP) is 4.37. The van der Waals surface area contributed by atoms with E-state index >= 15 is 0 Å². The number of aryl methyl sites for hydroxylation is 1. The minimum Gasteiger partial charge on any atom is -0.453 e. The van der Waals surface area contributed by atoms with Crippen LogP contribution in [0.5, 0.6) is 0 Å². The first-order valence-corrected chi connectivity index (χ1v) is 10.8. The van der Waals surface area contributed by atoms with Crippen LogP contribution in [0.3, 0.4) is 0 Å². The Kier molecular flexibility index (Phi) is 7.40. The number of nitrogens with one attached hydrogen (secondary N) is 3. The van der Waals surface area contributed by atoms with Crippen LogP contribution in [0.1, 0.15) is 46.5 Å². The maximum Gasteiger partial charge on any atom is 0.406 e. The molecule has 1 fully saturated rings. The lowest BCUT2D eigenvalue weighted by molar-refractivity contribution is 0.0923. The molecule has 3 amide bonds. The number of thiazole rings is 1. The second-order valence-electron chi connectivity index (χ2n) is 7.27. The summed E-state index contributed by atoms with van der Waals surface area (Å²) in [6.07, 6.45) is 5.71. The van der Waals surface area contributed by atoms with E-state index in [4.69, 9.17) is 0 Å². The lowest BCUT2D eigenvalue weighted by Gasteiger charge is -2.14. The number of amides is 3. The third kappa shape index (κ3) is 5.79. The van der Waals surface area contributed by atoms with Crippen molar-refractivity contribution in [2.75, 3.05) is 24.3 Å². The van der Waals surface area contributed by atoms with Crippen molar-refractivity contribution in [1.82, 2.24) is 10.3 Å². The van der Waals surface area contributed by atoms with E-state index in [1.807, 2.05) is 19.1 Å². The number of anilines is 2. The number of hydrogen-bond donors (Lipinski definition) is 3. The highest BCUT2D eigenvalue weighted by atomic mass is 32.1. The fraction of sp³-hybridized carbons (Fsp3) is 0.429. The molecule has 0 spiro atoms. The summed E-state index contributed by atoms with van der Waals surface area (Å²) in [5.41, 5.74) is 2.05. The first kappa shape index (κ1) is 21.8. The van der Waals surface area contributed by atoms with E-state index in [0.29, 0.717) is 29.3 Å². The standard InChI is InChI=1S/C21H26N4O4S/c1-13-7-8-17(16(11-13)18(26)14-5-3-4-6-14)24-19(27)25-20-23-12-15(30-20)9-10-22-21(28)29-2/h7-8,11-12,14H,3-6,9-10H2,1-2H3,(H,22,28)(H2,23,24,25,27). The minimum atomic E-state index is -0.488. The molecular formula is C21H26N4O4S. The molecule has 0 aliphatic heterocycles. The van der Waals surface area contributed by atoms with Crippen molar-refractivity contribution in [1.29, 1.82) is 0 Å². The second-order valence-corrected chi connectivity index (χ2v) is 8.39. The summed E-state index contributed by atoms with van der Waals surface area (Å²) < 4.78 is 4.52. The molecule has 0 bridgehead atoms. The molecule has 8 nitrogen and oxygen atoms in total. The number of ketones is 1. The van der Waals surface area contributed by atoms with Gasteiger partial charge in [-0.15, -0.1) is 11.3 Å². The number of rotatable bonds is 7. The van der Waals surface area contributed by atoms with Crippen molar-refractivity contribution >= 4 is 40.1 Å². The van der Waals surface area contributed by atoms with Gasteiger partial charge in [-0.1, -0.05) is 24.5 Å². The maximum absolute atomic E-state index is 12.9. The molecule has 9 heteroatoms. The number of carbonyl (C=O) groups is 3. The first-order valence-electron chi connectivity index (χ1n) is 9.95. The van der Waals surface area contributed by atoms with Crippen molar-refractivity contribution in [2.24, 2.45) is 5.92 Å². The quantitative estimate of drug-likeness (QED) is 0.565. The van der Waals surface area contributed by atoms with Crippen molar-refractivity contribution in [3.63, 3.8) is 0 Å². The molecule has 1 aliphatic carbocycles. The zero-order valence-electron chi connectivity index (χ0n) is 17.1. The molecule has 1 heterocycles. The molecule has 1 saturated carbocycles. The van der Waals surface area contributed by atoms with Gasteiger partial charge in [0.05, 0.1) is 12.8 Å². The highest BCUT2D eigenvalue weighted by Gasteiger charge is 2.26. The van der Waals surface area contributed by atoms with Crippen LogP contribution in [-0.4, -0.2) is 36.5 Å². The number of hydrogen-bond acceptors (Lipinski definition) is 6. The molecule has 0 unspecified atom stereocenters. The largest absolute Gasteiger partial charge is 0.453 e. The van der Waals surface area contributed by atoms with E-state index in [2.05, 4.69) is 25.7 Å². The van der Waals surface area contributed by atoms with Crippen LogP contribution in [0.4, 0.5) is 20.4 Å². The second kappa shape index (κ2) is 10.2. The molecule has 3 rings (SSSR count). The average Bonchev–Trinajstić information content (AvgIpc) is 3.41. The average molecular weight is 431 g/mol.